The lowest BCUT2D eigenvalue weighted by Crippen LogP contribution is -2.46. The van der Waals surface area contributed by atoms with E-state index in [0.717, 1.165) is 19.4 Å². The SMILES string of the molecule is CCC(C)(C)CN1C(=O)C(C)(CC)NC1C1CCCC1. The van der Waals surface area contributed by atoms with Crippen LogP contribution in [0.15, 0.2) is 0 Å². The average molecular weight is 280 g/mol. The number of rotatable bonds is 5. The summed E-state index contributed by atoms with van der Waals surface area (Å²) in [5.41, 5.74) is -0.149. The fourth-order valence-corrected chi connectivity index (χ4v) is 3.55. The zero-order valence-electron chi connectivity index (χ0n) is 14.0. The van der Waals surface area contributed by atoms with Crippen LogP contribution in [0.25, 0.3) is 0 Å². The third-order valence-corrected chi connectivity index (χ3v) is 5.64. The molecule has 2 rings (SSSR count). The van der Waals surface area contributed by atoms with E-state index in [2.05, 4.69) is 44.8 Å². The fraction of sp³-hybridized carbons (Fsp3) is 0.941. The van der Waals surface area contributed by atoms with Gasteiger partial charge in [-0.05, 0) is 43.9 Å². The van der Waals surface area contributed by atoms with Crippen LogP contribution < -0.4 is 5.32 Å². The molecule has 1 amide bonds. The lowest BCUT2D eigenvalue weighted by atomic mass is 9.88. The van der Waals surface area contributed by atoms with Crippen LogP contribution in [0.5, 0.6) is 0 Å². The first-order valence-corrected chi connectivity index (χ1v) is 8.42. The molecule has 1 aliphatic carbocycles. The van der Waals surface area contributed by atoms with Crippen molar-refractivity contribution in [3.63, 3.8) is 0 Å². The summed E-state index contributed by atoms with van der Waals surface area (Å²) in [7, 11) is 0. The van der Waals surface area contributed by atoms with Gasteiger partial charge in [-0.3, -0.25) is 10.1 Å². The molecule has 3 nitrogen and oxygen atoms in total. The van der Waals surface area contributed by atoms with Crippen molar-refractivity contribution in [1.82, 2.24) is 10.2 Å². The van der Waals surface area contributed by atoms with E-state index < -0.39 is 0 Å². The van der Waals surface area contributed by atoms with Crippen molar-refractivity contribution in [2.75, 3.05) is 6.54 Å². The van der Waals surface area contributed by atoms with Gasteiger partial charge in [0.1, 0.15) is 0 Å². The second-order valence-electron chi connectivity index (χ2n) is 7.77. The monoisotopic (exact) mass is 280 g/mol. The molecule has 1 saturated carbocycles. The Bertz CT molecular complexity index is 360. The predicted molar refractivity (Wildman–Crippen MR) is 83.4 cm³/mol. The molecule has 0 aromatic rings. The van der Waals surface area contributed by atoms with Gasteiger partial charge in [0.05, 0.1) is 11.7 Å². The van der Waals surface area contributed by atoms with Crippen molar-refractivity contribution in [3.8, 4) is 0 Å². The molecular formula is C17H32N2O. The summed E-state index contributed by atoms with van der Waals surface area (Å²) in [6.45, 7) is 11.8. The zero-order chi connectivity index (χ0) is 15.0. The van der Waals surface area contributed by atoms with Crippen molar-refractivity contribution in [2.24, 2.45) is 11.3 Å². The molecule has 2 atom stereocenters. The summed E-state index contributed by atoms with van der Waals surface area (Å²) in [5.74, 6) is 0.971. The minimum absolute atomic E-state index is 0.202. The lowest BCUT2D eigenvalue weighted by Gasteiger charge is -2.35. The highest BCUT2D eigenvalue weighted by Crippen LogP contribution is 2.37. The molecular weight excluding hydrogens is 248 g/mol. The van der Waals surface area contributed by atoms with Crippen LogP contribution in [0, 0.1) is 11.3 Å². The molecule has 0 bridgehead atoms. The highest BCUT2D eigenvalue weighted by atomic mass is 16.2. The summed E-state index contributed by atoms with van der Waals surface area (Å²) in [6.07, 6.45) is 7.44. The van der Waals surface area contributed by atoms with Crippen LogP contribution in [0.4, 0.5) is 0 Å². The standard InChI is InChI=1S/C17H32N2O/c1-6-16(3,4)12-19-14(13-10-8-9-11-13)18-17(5,7-2)15(19)20/h13-14,18H,6-12H2,1-5H3. The van der Waals surface area contributed by atoms with E-state index in [4.69, 9.17) is 0 Å². The van der Waals surface area contributed by atoms with Crippen molar-refractivity contribution in [3.05, 3.63) is 0 Å². The van der Waals surface area contributed by atoms with Crippen LogP contribution in [0.2, 0.25) is 0 Å². The number of carbonyl (C=O) groups is 1. The molecule has 0 spiro atoms. The molecule has 0 aromatic carbocycles. The van der Waals surface area contributed by atoms with E-state index >= 15 is 0 Å². The van der Waals surface area contributed by atoms with E-state index in [1.54, 1.807) is 0 Å². The van der Waals surface area contributed by atoms with Crippen LogP contribution in [0.3, 0.4) is 0 Å². The summed E-state index contributed by atoms with van der Waals surface area (Å²) < 4.78 is 0. The molecule has 1 heterocycles. The van der Waals surface area contributed by atoms with Gasteiger partial charge in [-0.25, -0.2) is 0 Å². The fourth-order valence-electron chi connectivity index (χ4n) is 3.55. The van der Waals surface area contributed by atoms with Crippen molar-refractivity contribution in [1.29, 1.82) is 0 Å². The highest BCUT2D eigenvalue weighted by Gasteiger charge is 2.50. The Kier molecular flexibility index (Phi) is 4.48. The van der Waals surface area contributed by atoms with E-state index in [1.165, 1.54) is 25.7 Å². The molecule has 3 heteroatoms. The van der Waals surface area contributed by atoms with Gasteiger partial charge in [0.15, 0.2) is 0 Å². The van der Waals surface area contributed by atoms with Gasteiger partial charge in [0, 0.05) is 6.54 Å². The minimum atomic E-state index is -0.350. The van der Waals surface area contributed by atoms with Crippen molar-refractivity contribution < 1.29 is 4.79 Å². The van der Waals surface area contributed by atoms with Crippen molar-refractivity contribution >= 4 is 5.91 Å². The van der Waals surface area contributed by atoms with E-state index in [-0.39, 0.29) is 17.1 Å². The second kappa shape index (κ2) is 5.67. The first-order valence-electron chi connectivity index (χ1n) is 8.42. The molecule has 2 unspecified atom stereocenters. The molecule has 0 aromatic heterocycles. The van der Waals surface area contributed by atoms with E-state index in [9.17, 15) is 4.79 Å². The first kappa shape index (κ1) is 15.8. The van der Waals surface area contributed by atoms with Gasteiger partial charge in [-0.1, -0.05) is 40.5 Å². The maximum atomic E-state index is 12.9. The highest BCUT2D eigenvalue weighted by molar-refractivity contribution is 5.88. The normalized spacial score (nSPS) is 32.4. The largest absolute Gasteiger partial charge is 0.325 e. The van der Waals surface area contributed by atoms with E-state index in [1.807, 2.05) is 0 Å². The van der Waals surface area contributed by atoms with Gasteiger partial charge in [0.25, 0.3) is 0 Å². The molecule has 0 radical (unpaired) electrons. The first-order chi connectivity index (χ1) is 9.33. The zero-order valence-corrected chi connectivity index (χ0v) is 14.0. The Morgan fingerprint density at radius 3 is 2.40 bits per heavy atom. The molecule has 2 aliphatic rings. The average Bonchev–Trinajstić information content (AvgIpc) is 3.02. The Hall–Kier alpha value is -0.570. The molecule has 116 valence electrons. The summed E-state index contributed by atoms with van der Waals surface area (Å²) in [4.78, 5) is 15.1. The molecule has 1 N–H and O–H groups in total. The Balaban J connectivity index is 2.21. The number of nitrogens with zero attached hydrogens (tertiary/aromatic N) is 1. The van der Waals surface area contributed by atoms with Gasteiger partial charge in [0.2, 0.25) is 5.91 Å². The number of hydrogen-bond acceptors (Lipinski definition) is 2. The van der Waals surface area contributed by atoms with Crippen LogP contribution in [-0.2, 0) is 4.79 Å². The smallest absolute Gasteiger partial charge is 0.243 e. The Labute approximate surface area is 124 Å². The van der Waals surface area contributed by atoms with Crippen LogP contribution in [-0.4, -0.2) is 29.1 Å². The Morgan fingerprint density at radius 2 is 1.90 bits per heavy atom. The van der Waals surface area contributed by atoms with Gasteiger partial charge >= 0.3 is 0 Å². The third-order valence-electron chi connectivity index (χ3n) is 5.64. The summed E-state index contributed by atoms with van der Waals surface area (Å²) >= 11 is 0. The number of carbonyl (C=O) groups excluding carboxylic acids is 1. The van der Waals surface area contributed by atoms with Crippen LogP contribution in [0.1, 0.15) is 73.1 Å². The van der Waals surface area contributed by atoms with Gasteiger partial charge in [-0.2, -0.15) is 0 Å². The quantitative estimate of drug-likeness (QED) is 0.835. The second-order valence-corrected chi connectivity index (χ2v) is 7.77. The van der Waals surface area contributed by atoms with Crippen molar-refractivity contribution in [2.45, 2.75) is 84.8 Å². The predicted octanol–water partition coefficient (Wildman–Crippen LogP) is 3.54. The van der Waals surface area contributed by atoms with Crippen LogP contribution >= 0.6 is 0 Å². The maximum absolute atomic E-state index is 12.9. The minimum Gasteiger partial charge on any atom is -0.325 e. The van der Waals surface area contributed by atoms with Gasteiger partial charge in [-0.15, -0.1) is 0 Å². The Morgan fingerprint density at radius 1 is 1.30 bits per heavy atom. The summed E-state index contributed by atoms with van der Waals surface area (Å²) in [5, 5.41) is 3.68. The number of amides is 1. The van der Waals surface area contributed by atoms with E-state index in [0.29, 0.717) is 11.8 Å². The number of nitrogens with one attached hydrogen (secondary N) is 1. The number of hydrogen-bond donors (Lipinski definition) is 1. The lowest BCUT2D eigenvalue weighted by molar-refractivity contribution is -0.134. The summed E-state index contributed by atoms with van der Waals surface area (Å²) in [6, 6.07) is 0. The molecule has 20 heavy (non-hydrogen) atoms. The topological polar surface area (TPSA) is 32.3 Å². The van der Waals surface area contributed by atoms with Gasteiger partial charge < -0.3 is 4.90 Å². The third kappa shape index (κ3) is 2.88. The molecule has 2 fully saturated rings. The molecule has 1 saturated heterocycles. The maximum Gasteiger partial charge on any atom is 0.243 e. The molecule has 1 aliphatic heterocycles.